The van der Waals surface area contributed by atoms with Gasteiger partial charge in [0.15, 0.2) is 11.5 Å². The predicted octanol–water partition coefficient (Wildman–Crippen LogP) is 5.25. The monoisotopic (exact) mass is 549 g/mol. The Morgan fingerprint density at radius 1 is 1.20 bits per heavy atom. The van der Waals surface area contributed by atoms with Gasteiger partial charge in [0.25, 0.3) is 5.92 Å². The Hall–Kier alpha value is -3.45. The van der Waals surface area contributed by atoms with Gasteiger partial charge in [-0.15, -0.1) is 5.10 Å². The van der Waals surface area contributed by atoms with Crippen molar-refractivity contribution in [3.8, 4) is 6.07 Å². The molecule has 0 unspecified atom stereocenters. The lowest BCUT2D eigenvalue weighted by atomic mass is 9.57. The van der Waals surface area contributed by atoms with Crippen LogP contribution in [0.2, 0.25) is 0 Å². The van der Waals surface area contributed by atoms with Gasteiger partial charge < -0.3 is 9.80 Å². The number of rotatable bonds is 7. The van der Waals surface area contributed by atoms with E-state index < -0.39 is 17.7 Å². The van der Waals surface area contributed by atoms with Gasteiger partial charge in [0.1, 0.15) is 17.7 Å². The molecule has 4 aliphatic rings. The van der Waals surface area contributed by atoms with Crippen molar-refractivity contribution < 1.29 is 13.2 Å². The van der Waals surface area contributed by atoms with Crippen LogP contribution in [0.15, 0.2) is 40.5 Å². The maximum atomic E-state index is 14.8. The fraction of sp³-hybridized carbons (Fsp3) is 0.533. The maximum Gasteiger partial charge on any atom is 0.263 e. The second-order valence-corrected chi connectivity index (χ2v) is 11.9. The average Bonchev–Trinajstić information content (AvgIpc) is 3.75. The Balaban J connectivity index is 1.18. The highest BCUT2D eigenvalue weighted by molar-refractivity contribution is 6.01. The number of fused-ring (bicyclic) bond motifs is 1. The second-order valence-electron chi connectivity index (χ2n) is 11.9. The van der Waals surface area contributed by atoms with Crippen LogP contribution >= 0.6 is 0 Å². The van der Waals surface area contributed by atoms with Crippen LogP contribution in [-0.4, -0.2) is 61.1 Å². The second kappa shape index (κ2) is 10.2. The van der Waals surface area contributed by atoms with Crippen molar-refractivity contribution in [2.24, 2.45) is 27.5 Å². The number of nitrogens with zero attached hydrogens (tertiary/aromatic N) is 7. The molecule has 0 amide bonds. The maximum absolute atomic E-state index is 14.8. The lowest BCUT2D eigenvalue weighted by Crippen LogP contribution is -2.64. The molecule has 0 bridgehead atoms. The van der Waals surface area contributed by atoms with E-state index in [4.69, 9.17) is 5.26 Å². The van der Waals surface area contributed by atoms with Crippen molar-refractivity contribution in [3.63, 3.8) is 0 Å². The summed E-state index contributed by atoms with van der Waals surface area (Å²) in [6.07, 6.45) is 3.92. The van der Waals surface area contributed by atoms with Gasteiger partial charge in [-0.3, -0.25) is 4.90 Å². The number of hydrogen-bond donors (Lipinski definition) is 0. The van der Waals surface area contributed by atoms with Gasteiger partial charge in [0.05, 0.1) is 6.54 Å². The van der Waals surface area contributed by atoms with Gasteiger partial charge >= 0.3 is 0 Å². The number of halogens is 3. The third-order valence-electron chi connectivity index (χ3n) is 8.97. The number of pyridine rings is 1. The summed E-state index contributed by atoms with van der Waals surface area (Å²) >= 11 is 0. The largest absolute Gasteiger partial charge is 0.355 e. The molecule has 0 atom stereocenters. The molecule has 210 valence electrons. The Morgan fingerprint density at radius 3 is 2.65 bits per heavy atom. The van der Waals surface area contributed by atoms with E-state index in [1.165, 1.54) is 11.6 Å². The molecular weight excluding hydrogens is 515 g/mol. The average molecular weight is 550 g/mol. The van der Waals surface area contributed by atoms with Crippen molar-refractivity contribution in [1.82, 2.24) is 9.88 Å². The van der Waals surface area contributed by atoms with E-state index >= 15 is 0 Å². The SMILES string of the molecule is C=N/N=C(/C1CC2(C1)CN(c1ccc(F)c(C#N)n1)C2)N1CCN(CC(F)(F)C2CC2)Cc2cc(CC)ccc21. The van der Waals surface area contributed by atoms with E-state index in [1.54, 1.807) is 6.07 Å². The van der Waals surface area contributed by atoms with Crippen LogP contribution in [0.1, 0.15) is 49.4 Å². The van der Waals surface area contributed by atoms with Crippen molar-refractivity contribution in [2.45, 2.75) is 51.5 Å². The molecule has 2 aromatic rings. The lowest BCUT2D eigenvalue weighted by molar-refractivity contribution is -0.0527. The molecule has 7 nitrogen and oxygen atoms in total. The highest BCUT2D eigenvalue weighted by Crippen LogP contribution is 2.54. The highest BCUT2D eigenvalue weighted by atomic mass is 19.3. The summed E-state index contributed by atoms with van der Waals surface area (Å²) < 4.78 is 43.4. The minimum absolute atomic E-state index is 0.106. The predicted molar refractivity (Wildman–Crippen MR) is 149 cm³/mol. The first-order valence-electron chi connectivity index (χ1n) is 14.1. The molecular formula is C30H34F3N7. The first kappa shape index (κ1) is 26.8. The van der Waals surface area contributed by atoms with Crippen molar-refractivity contribution in [3.05, 3.63) is 53.0 Å². The van der Waals surface area contributed by atoms with Crippen LogP contribution in [0.4, 0.5) is 24.7 Å². The molecule has 1 aromatic heterocycles. The molecule has 6 rings (SSSR count). The third-order valence-corrected chi connectivity index (χ3v) is 8.97. The molecule has 3 fully saturated rings. The van der Waals surface area contributed by atoms with Crippen molar-refractivity contribution in [1.29, 1.82) is 5.26 Å². The molecule has 2 aliphatic carbocycles. The van der Waals surface area contributed by atoms with E-state index in [2.05, 4.69) is 56.8 Å². The number of amidine groups is 1. The molecule has 0 N–H and O–H groups in total. The van der Waals surface area contributed by atoms with E-state index in [1.807, 2.05) is 11.0 Å². The summed E-state index contributed by atoms with van der Waals surface area (Å²) in [4.78, 5) is 10.3. The van der Waals surface area contributed by atoms with E-state index in [0.717, 1.165) is 49.4 Å². The van der Waals surface area contributed by atoms with Gasteiger partial charge in [-0.25, -0.2) is 18.2 Å². The highest BCUT2D eigenvalue weighted by Gasteiger charge is 2.55. The third kappa shape index (κ3) is 4.96. The van der Waals surface area contributed by atoms with Crippen molar-refractivity contribution >= 4 is 24.1 Å². The quantitative estimate of drug-likeness (QED) is 0.268. The zero-order chi connectivity index (χ0) is 28.1. The normalized spacial score (nSPS) is 21.3. The molecule has 1 spiro atoms. The minimum Gasteiger partial charge on any atom is -0.355 e. The number of alkyl halides is 2. The lowest BCUT2D eigenvalue weighted by Gasteiger charge is -2.60. The zero-order valence-electron chi connectivity index (χ0n) is 22.8. The zero-order valence-corrected chi connectivity index (χ0v) is 22.8. The summed E-state index contributed by atoms with van der Waals surface area (Å²) in [5.74, 6) is -2.14. The number of aryl methyl sites for hydroxylation is 1. The number of benzene rings is 1. The van der Waals surface area contributed by atoms with Crippen LogP contribution in [0.3, 0.4) is 0 Å². The smallest absolute Gasteiger partial charge is 0.263 e. The first-order valence-corrected chi connectivity index (χ1v) is 14.1. The summed E-state index contributed by atoms with van der Waals surface area (Å²) in [5, 5.41) is 17.5. The van der Waals surface area contributed by atoms with Gasteiger partial charge in [-0.05, 0) is 61.4 Å². The van der Waals surface area contributed by atoms with Crippen LogP contribution in [0.25, 0.3) is 0 Å². The van der Waals surface area contributed by atoms with E-state index in [9.17, 15) is 13.2 Å². The van der Waals surface area contributed by atoms with Gasteiger partial charge in [0.2, 0.25) is 0 Å². The number of anilines is 2. The van der Waals surface area contributed by atoms with Crippen LogP contribution in [-0.2, 0) is 13.0 Å². The Morgan fingerprint density at radius 2 is 1.98 bits per heavy atom. The first-order chi connectivity index (χ1) is 19.2. The molecule has 2 saturated carbocycles. The fourth-order valence-electron chi connectivity index (χ4n) is 6.70. The van der Waals surface area contributed by atoms with Crippen molar-refractivity contribution in [2.75, 3.05) is 42.5 Å². The minimum atomic E-state index is -2.67. The molecule has 40 heavy (non-hydrogen) atoms. The topological polar surface area (TPSA) is 71.1 Å². The Kier molecular flexibility index (Phi) is 6.81. The van der Waals surface area contributed by atoms with E-state index in [0.29, 0.717) is 38.3 Å². The summed E-state index contributed by atoms with van der Waals surface area (Å²) in [6, 6.07) is 11.1. The standard InChI is InChI=1S/C30H34F3N7/c1-3-20-4-8-26-21(12-20)16-38(19-30(32,33)23-5-6-23)10-11-40(26)28(37-35-2)22-13-29(14-22)17-39(18-29)27-9-7-24(31)25(15-34)36-27/h4,7-9,12,22-23H,2-3,5-6,10-11,13-14,16-19H2,1H3/b37-28-. The summed E-state index contributed by atoms with van der Waals surface area (Å²) in [6.45, 7) is 8.62. The van der Waals surface area contributed by atoms with Gasteiger partial charge in [-0.2, -0.15) is 10.4 Å². The fourth-order valence-corrected chi connectivity index (χ4v) is 6.70. The van der Waals surface area contributed by atoms with E-state index in [-0.39, 0.29) is 23.6 Å². The van der Waals surface area contributed by atoms with Crippen LogP contribution < -0.4 is 9.80 Å². The molecule has 0 radical (unpaired) electrons. The molecule has 2 aliphatic heterocycles. The molecule has 3 heterocycles. The van der Waals surface area contributed by atoms with Crippen LogP contribution in [0, 0.1) is 34.4 Å². The number of nitriles is 1. The molecule has 1 saturated heterocycles. The number of hydrogen-bond acceptors (Lipinski definition) is 6. The summed E-state index contributed by atoms with van der Waals surface area (Å²) in [7, 11) is 0. The molecule has 1 aromatic carbocycles. The van der Waals surface area contributed by atoms with Gasteiger partial charge in [0, 0.05) is 62.4 Å². The Bertz CT molecular complexity index is 1370. The summed E-state index contributed by atoms with van der Waals surface area (Å²) in [5.41, 5.74) is 3.15. The van der Waals surface area contributed by atoms with Crippen LogP contribution in [0.5, 0.6) is 0 Å². The molecule has 10 heteroatoms. The Labute approximate surface area is 233 Å². The number of aromatic nitrogens is 1. The van der Waals surface area contributed by atoms with Gasteiger partial charge in [-0.1, -0.05) is 19.1 Å².